The molecule has 1 aromatic carbocycles. The van der Waals surface area contributed by atoms with Gasteiger partial charge < -0.3 is 5.43 Å². The van der Waals surface area contributed by atoms with E-state index in [9.17, 15) is 18.0 Å². The first-order valence-electron chi connectivity index (χ1n) is 6.07. The van der Waals surface area contributed by atoms with Crippen molar-refractivity contribution in [3.63, 3.8) is 0 Å². The van der Waals surface area contributed by atoms with Crippen LogP contribution in [0.1, 0.15) is 34.1 Å². The Morgan fingerprint density at radius 3 is 2.71 bits per heavy atom. The van der Waals surface area contributed by atoms with Crippen LogP contribution in [0, 0.1) is 0 Å². The summed E-state index contributed by atoms with van der Waals surface area (Å²) in [5.41, 5.74) is 2.94. The van der Waals surface area contributed by atoms with E-state index < -0.39 is 17.9 Å². The highest BCUT2D eigenvalue weighted by atomic mass is 35.5. The molecule has 1 N–H and O–H groups in total. The second kappa shape index (κ2) is 4.77. The molecule has 0 spiro atoms. The lowest BCUT2D eigenvalue weighted by molar-refractivity contribution is -0.141. The number of halogens is 4. The zero-order chi connectivity index (χ0) is 15.2. The van der Waals surface area contributed by atoms with Crippen LogP contribution in [-0.4, -0.2) is 15.7 Å². The molecule has 4 nitrogen and oxygen atoms in total. The number of benzene rings is 1. The van der Waals surface area contributed by atoms with Crippen LogP contribution in [0.15, 0.2) is 30.3 Å². The van der Waals surface area contributed by atoms with Crippen molar-refractivity contribution in [2.24, 2.45) is 0 Å². The molecule has 1 heterocycles. The van der Waals surface area contributed by atoms with E-state index in [1.165, 1.54) is 0 Å². The number of Topliss-reactive ketones (excluding diaryl/α,β-unsaturated/α-hetero) is 1. The van der Waals surface area contributed by atoms with Crippen molar-refractivity contribution >= 4 is 17.4 Å². The van der Waals surface area contributed by atoms with Crippen LogP contribution in [0.5, 0.6) is 0 Å². The highest BCUT2D eigenvalue weighted by Crippen LogP contribution is 2.33. The van der Waals surface area contributed by atoms with Gasteiger partial charge in [-0.15, -0.1) is 5.10 Å². The molecule has 0 radical (unpaired) electrons. The van der Waals surface area contributed by atoms with Crippen molar-refractivity contribution in [1.82, 2.24) is 9.89 Å². The van der Waals surface area contributed by atoms with Crippen molar-refractivity contribution in [3.05, 3.63) is 52.3 Å². The number of ketones is 1. The predicted octanol–water partition coefficient (Wildman–Crippen LogP) is 3.43. The summed E-state index contributed by atoms with van der Waals surface area (Å²) in [5, 5.41) is 3.18. The van der Waals surface area contributed by atoms with Crippen molar-refractivity contribution < 1.29 is 18.0 Å². The lowest BCUT2D eigenvalue weighted by atomic mass is 10.1. The number of aromatic nitrogens is 2. The summed E-state index contributed by atoms with van der Waals surface area (Å²) in [5.74, 6) is -0.0672. The average molecular weight is 316 g/mol. The molecule has 110 valence electrons. The number of alkyl halides is 3. The van der Waals surface area contributed by atoms with Crippen LogP contribution in [-0.2, 0) is 6.18 Å². The van der Waals surface area contributed by atoms with Gasteiger partial charge in [-0.3, -0.25) is 4.79 Å². The maximum Gasteiger partial charge on any atom is 0.435 e. The first kappa shape index (κ1) is 13.9. The Hall–Kier alpha value is -2.02. The molecule has 1 atom stereocenters. The molecule has 1 aliphatic carbocycles. The monoisotopic (exact) mass is 315 g/mol. The Morgan fingerprint density at radius 2 is 2.05 bits per heavy atom. The fourth-order valence-electron chi connectivity index (χ4n) is 2.31. The SMILES string of the molecule is O=C1CC(Nn2nc(C(F)(F)F)cc2Cl)c2ccccc21. The minimum Gasteiger partial charge on any atom is -0.301 e. The molecule has 0 aliphatic heterocycles. The van der Waals surface area contributed by atoms with Crippen molar-refractivity contribution in [2.75, 3.05) is 5.43 Å². The van der Waals surface area contributed by atoms with E-state index in [0.717, 1.165) is 16.4 Å². The van der Waals surface area contributed by atoms with Gasteiger partial charge in [-0.05, 0) is 5.56 Å². The van der Waals surface area contributed by atoms with E-state index in [4.69, 9.17) is 11.6 Å². The molecular formula is C13H9ClF3N3O. The molecule has 0 saturated heterocycles. The summed E-state index contributed by atoms with van der Waals surface area (Å²) < 4.78 is 37.7. The quantitative estimate of drug-likeness (QED) is 0.923. The van der Waals surface area contributed by atoms with Crippen LogP contribution in [0.25, 0.3) is 0 Å². The predicted molar refractivity (Wildman–Crippen MR) is 69.7 cm³/mol. The van der Waals surface area contributed by atoms with E-state index in [1.54, 1.807) is 24.3 Å². The largest absolute Gasteiger partial charge is 0.435 e. The summed E-state index contributed by atoms with van der Waals surface area (Å²) in [6, 6.07) is 7.22. The maximum atomic E-state index is 12.6. The number of nitrogens with one attached hydrogen (secondary N) is 1. The smallest absolute Gasteiger partial charge is 0.301 e. The van der Waals surface area contributed by atoms with Gasteiger partial charge in [0.25, 0.3) is 0 Å². The fourth-order valence-corrected chi connectivity index (χ4v) is 2.50. The Morgan fingerprint density at radius 1 is 1.33 bits per heavy atom. The van der Waals surface area contributed by atoms with Gasteiger partial charge in [0.2, 0.25) is 0 Å². The minimum atomic E-state index is -4.57. The van der Waals surface area contributed by atoms with Crippen molar-refractivity contribution in [3.8, 4) is 0 Å². The van der Waals surface area contributed by atoms with Crippen LogP contribution in [0.4, 0.5) is 13.2 Å². The Labute approximate surface area is 122 Å². The Balaban J connectivity index is 1.89. The number of carbonyl (C=O) groups is 1. The molecule has 21 heavy (non-hydrogen) atoms. The highest BCUT2D eigenvalue weighted by molar-refractivity contribution is 6.29. The Bertz CT molecular complexity index is 711. The number of rotatable bonds is 2. The van der Waals surface area contributed by atoms with Gasteiger partial charge in [0.05, 0.1) is 6.04 Å². The molecule has 0 fully saturated rings. The summed E-state index contributed by atoms with van der Waals surface area (Å²) in [7, 11) is 0. The third-order valence-electron chi connectivity index (χ3n) is 3.26. The molecule has 0 bridgehead atoms. The summed E-state index contributed by atoms with van der Waals surface area (Å²) in [6.07, 6.45) is -4.42. The van der Waals surface area contributed by atoms with Crippen molar-refractivity contribution in [2.45, 2.75) is 18.6 Å². The standard InChI is InChI=1S/C13H9ClF3N3O/c14-12-6-11(13(15,16)17)19-20(12)18-9-5-10(21)8-4-2-1-3-7(8)9/h1-4,6,9,18H,5H2. The molecule has 3 rings (SSSR count). The lowest BCUT2D eigenvalue weighted by Gasteiger charge is -2.15. The van der Waals surface area contributed by atoms with E-state index in [1.807, 2.05) is 0 Å². The molecule has 0 amide bonds. The average Bonchev–Trinajstić information content (AvgIpc) is 2.93. The van der Waals surface area contributed by atoms with Gasteiger partial charge in [0, 0.05) is 18.1 Å². The fraction of sp³-hybridized carbons (Fsp3) is 0.231. The second-order valence-corrected chi connectivity index (χ2v) is 5.05. The molecule has 1 unspecified atom stereocenters. The third kappa shape index (κ3) is 2.49. The molecular weight excluding hydrogens is 307 g/mol. The number of carbonyl (C=O) groups excluding carboxylic acids is 1. The lowest BCUT2D eigenvalue weighted by Crippen LogP contribution is -2.21. The normalized spacial score (nSPS) is 17.9. The zero-order valence-electron chi connectivity index (χ0n) is 10.5. The first-order chi connectivity index (χ1) is 9.86. The van der Waals surface area contributed by atoms with E-state index in [-0.39, 0.29) is 17.4 Å². The third-order valence-corrected chi connectivity index (χ3v) is 3.53. The number of fused-ring (bicyclic) bond motifs is 1. The van der Waals surface area contributed by atoms with Crippen molar-refractivity contribution in [1.29, 1.82) is 0 Å². The summed E-state index contributed by atoms with van der Waals surface area (Å²) >= 11 is 5.75. The minimum absolute atomic E-state index is 0.0672. The second-order valence-electron chi connectivity index (χ2n) is 4.66. The van der Waals surface area contributed by atoms with E-state index in [0.29, 0.717) is 5.56 Å². The summed E-state index contributed by atoms with van der Waals surface area (Å²) in [6.45, 7) is 0. The van der Waals surface area contributed by atoms with E-state index in [2.05, 4.69) is 10.5 Å². The molecule has 8 heteroatoms. The van der Waals surface area contributed by atoms with Crippen LogP contribution < -0.4 is 5.43 Å². The number of nitrogens with zero attached hydrogens (tertiary/aromatic N) is 2. The summed E-state index contributed by atoms with van der Waals surface area (Å²) in [4.78, 5) is 12.7. The molecule has 2 aromatic rings. The van der Waals surface area contributed by atoms with Crippen LogP contribution >= 0.6 is 11.6 Å². The van der Waals surface area contributed by atoms with E-state index >= 15 is 0 Å². The topological polar surface area (TPSA) is 46.9 Å². The molecule has 1 aliphatic rings. The highest BCUT2D eigenvalue weighted by Gasteiger charge is 2.36. The number of hydrogen-bond donors (Lipinski definition) is 1. The van der Waals surface area contributed by atoms with Gasteiger partial charge in [0.1, 0.15) is 0 Å². The molecule has 1 aromatic heterocycles. The Kier molecular flexibility index (Phi) is 3.16. The van der Waals surface area contributed by atoms with Gasteiger partial charge >= 0.3 is 6.18 Å². The zero-order valence-corrected chi connectivity index (χ0v) is 11.2. The first-order valence-corrected chi connectivity index (χ1v) is 6.45. The molecule has 0 saturated carbocycles. The van der Waals surface area contributed by atoms with Gasteiger partial charge in [0.15, 0.2) is 16.6 Å². The van der Waals surface area contributed by atoms with Gasteiger partial charge in [-0.2, -0.15) is 18.0 Å². The maximum absolute atomic E-state index is 12.6. The van der Waals surface area contributed by atoms with Crippen LogP contribution in [0.2, 0.25) is 5.15 Å². The number of hydrogen-bond acceptors (Lipinski definition) is 3. The van der Waals surface area contributed by atoms with Gasteiger partial charge in [-0.1, -0.05) is 35.9 Å². The van der Waals surface area contributed by atoms with Crippen LogP contribution in [0.3, 0.4) is 0 Å². The van der Waals surface area contributed by atoms with Gasteiger partial charge in [-0.25, -0.2) is 0 Å².